The van der Waals surface area contributed by atoms with Gasteiger partial charge in [-0.05, 0) is 6.42 Å². The molecule has 0 aromatic rings. The molecule has 1 aliphatic heterocycles. The molecule has 0 unspecified atom stereocenters. The van der Waals surface area contributed by atoms with E-state index >= 15 is 0 Å². The summed E-state index contributed by atoms with van der Waals surface area (Å²) >= 11 is 0. The molecule has 1 heterocycles. The molecule has 101 valence electrons. The summed E-state index contributed by atoms with van der Waals surface area (Å²) in [5, 5.41) is 10.3. The van der Waals surface area contributed by atoms with Crippen LogP contribution in [0.4, 0.5) is 0 Å². The maximum Gasteiger partial charge on any atom is 0.469 e. The minimum atomic E-state index is -4.33. The molecule has 0 aromatic heterocycles. The average Bonchev–Trinajstić information content (AvgIpc) is 2.26. The normalized spacial score (nSPS) is 19.7. The highest BCUT2D eigenvalue weighted by Gasteiger charge is 2.18. The Morgan fingerprint density at radius 2 is 1.59 bits per heavy atom. The third kappa shape index (κ3) is 7.10. The summed E-state index contributed by atoms with van der Waals surface area (Å²) in [5.41, 5.74) is 0. The molecular weight excluding hydrogens is 247 g/mol. The van der Waals surface area contributed by atoms with E-state index < -0.39 is 7.82 Å². The fraction of sp³-hybridized carbons (Fsp3) is 1.00. The van der Waals surface area contributed by atoms with Crippen molar-refractivity contribution >= 4 is 7.82 Å². The lowest BCUT2D eigenvalue weighted by atomic mass is 10.3. The van der Waals surface area contributed by atoms with Crippen molar-refractivity contribution in [3.05, 3.63) is 0 Å². The minimum absolute atomic E-state index is 0.0314. The van der Waals surface area contributed by atoms with Gasteiger partial charge in [0, 0.05) is 39.3 Å². The Morgan fingerprint density at radius 1 is 1.06 bits per heavy atom. The molecule has 0 atom stereocenters. The predicted molar refractivity (Wildman–Crippen MR) is 61.0 cm³/mol. The van der Waals surface area contributed by atoms with E-state index in [2.05, 4.69) is 14.3 Å². The van der Waals surface area contributed by atoms with Crippen LogP contribution in [0.3, 0.4) is 0 Å². The molecule has 0 spiro atoms. The SMILES string of the molecule is [O]CCCN1CCN(CCOP(=O)(O)O)CC1. The number of nitrogens with zero attached hydrogens (tertiary/aromatic N) is 2. The van der Waals surface area contributed by atoms with Crippen LogP contribution in [0, 0.1) is 0 Å². The monoisotopic (exact) mass is 267 g/mol. The zero-order valence-electron chi connectivity index (χ0n) is 9.82. The summed E-state index contributed by atoms with van der Waals surface area (Å²) in [5.74, 6) is 0. The van der Waals surface area contributed by atoms with Crippen molar-refractivity contribution < 1.29 is 24.0 Å². The lowest BCUT2D eigenvalue weighted by Gasteiger charge is -2.34. The summed E-state index contributed by atoms with van der Waals surface area (Å²) in [7, 11) is -4.33. The van der Waals surface area contributed by atoms with E-state index in [1.165, 1.54) is 0 Å². The molecule has 2 N–H and O–H groups in total. The van der Waals surface area contributed by atoms with Crippen LogP contribution < -0.4 is 0 Å². The highest BCUT2D eigenvalue weighted by Crippen LogP contribution is 2.35. The van der Waals surface area contributed by atoms with Crippen LogP contribution in [0.25, 0.3) is 0 Å². The Kier molecular flexibility index (Phi) is 6.58. The van der Waals surface area contributed by atoms with E-state index in [-0.39, 0.29) is 13.2 Å². The smallest absolute Gasteiger partial charge is 0.303 e. The van der Waals surface area contributed by atoms with Crippen molar-refractivity contribution in [3.63, 3.8) is 0 Å². The van der Waals surface area contributed by atoms with Gasteiger partial charge in [0.2, 0.25) is 0 Å². The predicted octanol–water partition coefficient (Wildman–Crippen LogP) is -0.466. The van der Waals surface area contributed by atoms with Crippen molar-refractivity contribution in [1.29, 1.82) is 0 Å². The van der Waals surface area contributed by atoms with Gasteiger partial charge >= 0.3 is 7.82 Å². The van der Waals surface area contributed by atoms with Crippen molar-refractivity contribution in [1.82, 2.24) is 9.80 Å². The van der Waals surface area contributed by atoms with E-state index in [1.807, 2.05) is 0 Å². The molecule has 1 saturated heterocycles. The number of phosphoric ester groups is 1. The van der Waals surface area contributed by atoms with Crippen LogP contribution in [0.15, 0.2) is 0 Å². The van der Waals surface area contributed by atoms with E-state index in [0.29, 0.717) is 13.0 Å². The maximum atomic E-state index is 10.5. The maximum absolute atomic E-state index is 10.5. The van der Waals surface area contributed by atoms with Crippen LogP contribution in [-0.4, -0.2) is 72.1 Å². The molecule has 1 radical (unpaired) electrons. The van der Waals surface area contributed by atoms with Crippen LogP contribution in [-0.2, 0) is 14.2 Å². The number of phosphoric acid groups is 1. The molecule has 0 amide bonds. The van der Waals surface area contributed by atoms with Gasteiger partial charge in [-0.2, -0.15) is 0 Å². The van der Waals surface area contributed by atoms with Crippen LogP contribution in [0.5, 0.6) is 0 Å². The molecule has 1 aliphatic rings. The van der Waals surface area contributed by atoms with Gasteiger partial charge < -0.3 is 14.7 Å². The molecule has 17 heavy (non-hydrogen) atoms. The number of hydrogen-bond donors (Lipinski definition) is 2. The van der Waals surface area contributed by atoms with E-state index in [4.69, 9.17) is 9.79 Å². The summed E-state index contributed by atoms with van der Waals surface area (Å²) in [4.78, 5) is 21.4. The molecule has 0 aliphatic carbocycles. The Balaban J connectivity index is 2.09. The second-order valence-electron chi connectivity index (χ2n) is 4.06. The summed E-state index contributed by atoms with van der Waals surface area (Å²) in [6.07, 6.45) is 0.682. The third-order valence-corrected chi connectivity index (χ3v) is 3.27. The standard InChI is InChI=1S/C9H20N2O5P/c12-8-1-2-10-3-5-11(6-4-10)7-9-16-17(13,14)15/h1-9H2,(H2,13,14,15). The lowest BCUT2D eigenvalue weighted by molar-refractivity contribution is 0.0975. The molecule has 7 nitrogen and oxygen atoms in total. The van der Waals surface area contributed by atoms with Crippen molar-refractivity contribution in [3.8, 4) is 0 Å². The Labute approximate surface area is 101 Å². The first kappa shape index (κ1) is 15.0. The topological polar surface area (TPSA) is 93.1 Å². The van der Waals surface area contributed by atoms with Gasteiger partial charge in [0.05, 0.1) is 13.2 Å². The van der Waals surface area contributed by atoms with Gasteiger partial charge in [-0.3, -0.25) is 9.42 Å². The van der Waals surface area contributed by atoms with Crippen molar-refractivity contribution in [2.75, 3.05) is 52.5 Å². The largest absolute Gasteiger partial charge is 0.469 e. The molecule has 0 bridgehead atoms. The van der Waals surface area contributed by atoms with Gasteiger partial charge in [-0.25, -0.2) is 9.67 Å². The van der Waals surface area contributed by atoms with Crippen LogP contribution >= 0.6 is 7.82 Å². The molecular formula is C9H20N2O5P. The van der Waals surface area contributed by atoms with E-state index in [1.54, 1.807) is 0 Å². The van der Waals surface area contributed by atoms with Gasteiger partial charge in [0.1, 0.15) is 0 Å². The fourth-order valence-electron chi connectivity index (χ4n) is 1.81. The second kappa shape index (κ2) is 7.43. The number of hydrogen-bond acceptors (Lipinski definition) is 4. The summed E-state index contributed by atoms with van der Waals surface area (Å²) in [6.45, 7) is 4.89. The zero-order valence-corrected chi connectivity index (χ0v) is 10.7. The van der Waals surface area contributed by atoms with Crippen molar-refractivity contribution in [2.45, 2.75) is 6.42 Å². The number of rotatable bonds is 7. The first-order chi connectivity index (χ1) is 8.01. The zero-order chi connectivity index (χ0) is 12.7. The molecule has 0 aromatic carbocycles. The quantitative estimate of drug-likeness (QED) is 0.606. The fourth-order valence-corrected chi connectivity index (χ4v) is 2.13. The molecule has 1 fully saturated rings. The third-order valence-electron chi connectivity index (χ3n) is 2.75. The molecule has 1 rings (SSSR count). The Morgan fingerprint density at radius 3 is 2.06 bits per heavy atom. The first-order valence-corrected chi connectivity index (χ1v) is 7.27. The highest BCUT2D eigenvalue weighted by molar-refractivity contribution is 7.46. The second-order valence-corrected chi connectivity index (χ2v) is 5.30. The Bertz CT molecular complexity index is 252. The highest BCUT2D eigenvalue weighted by atomic mass is 31.2. The molecule has 8 heteroatoms. The van der Waals surface area contributed by atoms with Crippen molar-refractivity contribution in [2.24, 2.45) is 0 Å². The Hall–Kier alpha value is -0.0100. The molecule has 0 saturated carbocycles. The van der Waals surface area contributed by atoms with E-state index in [0.717, 1.165) is 32.7 Å². The van der Waals surface area contributed by atoms with Crippen LogP contribution in [0.1, 0.15) is 6.42 Å². The summed E-state index contributed by atoms with van der Waals surface area (Å²) < 4.78 is 14.9. The lowest BCUT2D eigenvalue weighted by Crippen LogP contribution is -2.47. The minimum Gasteiger partial charge on any atom is -0.303 e. The van der Waals surface area contributed by atoms with Gasteiger partial charge in [0.25, 0.3) is 0 Å². The van der Waals surface area contributed by atoms with Gasteiger partial charge in [-0.1, -0.05) is 0 Å². The van der Waals surface area contributed by atoms with Crippen LogP contribution in [0.2, 0.25) is 0 Å². The van der Waals surface area contributed by atoms with Gasteiger partial charge in [0.15, 0.2) is 0 Å². The summed E-state index contributed by atoms with van der Waals surface area (Å²) in [6, 6.07) is 0. The average molecular weight is 267 g/mol. The number of piperazine rings is 1. The van der Waals surface area contributed by atoms with Gasteiger partial charge in [-0.15, -0.1) is 0 Å². The first-order valence-electron chi connectivity index (χ1n) is 5.74. The van der Waals surface area contributed by atoms with E-state index in [9.17, 15) is 9.67 Å².